The summed E-state index contributed by atoms with van der Waals surface area (Å²) in [7, 11) is 0. The molecule has 0 rings (SSSR count). The largest absolute Gasteiger partial charge is 0.465 e. The fourth-order valence-electron chi connectivity index (χ4n) is 0.440. The lowest BCUT2D eigenvalue weighted by atomic mass is 10.3. The van der Waals surface area contributed by atoms with E-state index in [1.165, 1.54) is 6.92 Å². The van der Waals surface area contributed by atoms with Crippen LogP contribution in [-0.4, -0.2) is 18.4 Å². The molecule has 3 heteroatoms. The van der Waals surface area contributed by atoms with Crippen LogP contribution in [0.5, 0.6) is 0 Å². The average molecular weight is 143 g/mol. The Kier molecular flexibility index (Phi) is 4.54. The summed E-state index contributed by atoms with van der Waals surface area (Å²) in [5.74, 6) is -0.634. The molecule has 0 heterocycles. The maximum absolute atomic E-state index is 10.5. The maximum Gasteiger partial charge on any atom is 0.313 e. The van der Waals surface area contributed by atoms with Gasteiger partial charge in [-0.05, 0) is 20.3 Å². The van der Waals surface area contributed by atoms with Gasteiger partial charge in [0.1, 0.15) is 12.2 Å². The van der Waals surface area contributed by atoms with Gasteiger partial charge in [-0.3, -0.25) is 9.59 Å². The average Bonchev–Trinajstić information content (AvgIpc) is 1.82. The highest BCUT2D eigenvalue weighted by Gasteiger charge is 2.04. The molecule has 0 N–H and O–H groups in total. The van der Waals surface area contributed by atoms with E-state index >= 15 is 0 Å². The highest BCUT2D eigenvalue weighted by atomic mass is 16.5. The third kappa shape index (κ3) is 5.28. The van der Waals surface area contributed by atoms with Crippen LogP contribution in [0.25, 0.3) is 0 Å². The van der Waals surface area contributed by atoms with Crippen LogP contribution >= 0.6 is 0 Å². The molecule has 57 valence electrons. The standard InChI is InChI=1S/C7H11O3/c1-3-4-10-7(9)5-6(2)8/h1,3-5H2,2H3. The van der Waals surface area contributed by atoms with Crippen molar-refractivity contribution in [1.29, 1.82) is 0 Å². The Morgan fingerprint density at radius 3 is 2.50 bits per heavy atom. The smallest absolute Gasteiger partial charge is 0.313 e. The molecule has 0 spiro atoms. The van der Waals surface area contributed by atoms with Crippen LogP contribution in [-0.2, 0) is 14.3 Å². The first-order chi connectivity index (χ1) is 4.66. The first-order valence-corrected chi connectivity index (χ1v) is 3.11. The number of hydrogen-bond acceptors (Lipinski definition) is 3. The molecule has 0 aromatic heterocycles. The molecule has 0 saturated carbocycles. The van der Waals surface area contributed by atoms with Crippen LogP contribution in [0.4, 0.5) is 0 Å². The van der Waals surface area contributed by atoms with Gasteiger partial charge in [0.05, 0.1) is 6.61 Å². The summed E-state index contributed by atoms with van der Waals surface area (Å²) in [4.78, 5) is 20.8. The molecule has 3 nitrogen and oxygen atoms in total. The Labute approximate surface area is 60.4 Å². The second-order valence-electron chi connectivity index (χ2n) is 1.95. The van der Waals surface area contributed by atoms with Crippen LogP contribution in [0.1, 0.15) is 19.8 Å². The summed E-state index contributed by atoms with van der Waals surface area (Å²) < 4.78 is 4.58. The van der Waals surface area contributed by atoms with Gasteiger partial charge in [-0.15, -0.1) is 0 Å². The number of carbonyl (C=O) groups is 2. The molecule has 0 aliphatic carbocycles. The van der Waals surface area contributed by atoms with Crippen LogP contribution in [0.15, 0.2) is 0 Å². The van der Waals surface area contributed by atoms with E-state index in [9.17, 15) is 9.59 Å². The number of ether oxygens (including phenoxy) is 1. The SMILES string of the molecule is [CH2]CCOC(=O)CC(C)=O. The fraction of sp³-hybridized carbons (Fsp3) is 0.571. The second-order valence-corrected chi connectivity index (χ2v) is 1.95. The Hall–Kier alpha value is -0.860. The lowest BCUT2D eigenvalue weighted by Gasteiger charge is -1.98. The molecule has 0 amide bonds. The minimum Gasteiger partial charge on any atom is -0.465 e. The van der Waals surface area contributed by atoms with Gasteiger partial charge in [0, 0.05) is 0 Å². The summed E-state index contributed by atoms with van der Waals surface area (Å²) in [5.41, 5.74) is 0. The molecule has 1 radical (unpaired) electrons. The van der Waals surface area contributed by atoms with Crippen molar-refractivity contribution < 1.29 is 14.3 Å². The minimum absolute atomic E-state index is 0.125. The van der Waals surface area contributed by atoms with Crippen molar-refractivity contribution in [2.45, 2.75) is 19.8 Å². The lowest BCUT2D eigenvalue weighted by Crippen LogP contribution is -2.09. The van der Waals surface area contributed by atoms with Crippen molar-refractivity contribution in [2.24, 2.45) is 0 Å². The monoisotopic (exact) mass is 143 g/mol. The number of esters is 1. The molecule has 0 unspecified atom stereocenters. The Morgan fingerprint density at radius 1 is 1.50 bits per heavy atom. The summed E-state index contributed by atoms with van der Waals surface area (Å²) in [6, 6.07) is 0. The van der Waals surface area contributed by atoms with Crippen molar-refractivity contribution in [3.8, 4) is 0 Å². The predicted octanol–water partition coefficient (Wildman–Crippen LogP) is 0.733. The normalized spacial score (nSPS) is 9.00. The molecular weight excluding hydrogens is 132 g/mol. The van der Waals surface area contributed by atoms with E-state index in [2.05, 4.69) is 11.7 Å². The van der Waals surface area contributed by atoms with Gasteiger partial charge in [0.25, 0.3) is 0 Å². The zero-order valence-electron chi connectivity index (χ0n) is 6.05. The molecular formula is C7H11O3. The molecule has 0 aliphatic heterocycles. The van der Waals surface area contributed by atoms with E-state index in [0.29, 0.717) is 13.0 Å². The fourth-order valence-corrected chi connectivity index (χ4v) is 0.440. The topological polar surface area (TPSA) is 43.4 Å². The summed E-state index contributed by atoms with van der Waals surface area (Å²) in [6.45, 7) is 5.13. The molecule has 0 aromatic carbocycles. The number of hydrogen-bond donors (Lipinski definition) is 0. The lowest BCUT2D eigenvalue weighted by molar-refractivity contribution is -0.145. The van der Waals surface area contributed by atoms with Gasteiger partial charge in [0.15, 0.2) is 0 Å². The number of Topliss-reactive ketones (excluding diaryl/α,β-unsaturated/α-hetero) is 1. The van der Waals surface area contributed by atoms with Gasteiger partial charge in [-0.25, -0.2) is 0 Å². The molecule has 0 saturated heterocycles. The van der Waals surface area contributed by atoms with Gasteiger partial charge in [-0.2, -0.15) is 0 Å². The highest BCUT2D eigenvalue weighted by Crippen LogP contribution is 1.88. The Balaban J connectivity index is 3.35. The van der Waals surface area contributed by atoms with Crippen molar-refractivity contribution in [3.05, 3.63) is 6.92 Å². The van der Waals surface area contributed by atoms with E-state index in [-0.39, 0.29) is 12.2 Å². The first kappa shape index (κ1) is 9.14. The zero-order chi connectivity index (χ0) is 7.98. The second kappa shape index (κ2) is 4.97. The van der Waals surface area contributed by atoms with Crippen LogP contribution in [0.3, 0.4) is 0 Å². The van der Waals surface area contributed by atoms with Gasteiger partial charge < -0.3 is 4.74 Å². The quantitative estimate of drug-likeness (QED) is 0.430. The molecule has 0 aromatic rings. The molecule has 0 aliphatic rings. The summed E-state index contributed by atoms with van der Waals surface area (Å²) in [6.07, 6.45) is 0.420. The Bertz CT molecular complexity index is 129. The number of carbonyl (C=O) groups excluding carboxylic acids is 2. The van der Waals surface area contributed by atoms with Gasteiger partial charge >= 0.3 is 5.97 Å². The van der Waals surface area contributed by atoms with E-state index < -0.39 is 5.97 Å². The van der Waals surface area contributed by atoms with Crippen molar-refractivity contribution in [1.82, 2.24) is 0 Å². The van der Waals surface area contributed by atoms with E-state index in [4.69, 9.17) is 0 Å². The van der Waals surface area contributed by atoms with Crippen LogP contribution in [0, 0.1) is 6.92 Å². The predicted molar refractivity (Wildman–Crippen MR) is 36.2 cm³/mol. The maximum atomic E-state index is 10.5. The van der Waals surface area contributed by atoms with E-state index in [1.54, 1.807) is 0 Å². The van der Waals surface area contributed by atoms with Crippen molar-refractivity contribution >= 4 is 11.8 Å². The first-order valence-electron chi connectivity index (χ1n) is 3.11. The third-order valence-electron chi connectivity index (χ3n) is 0.801. The molecule has 0 fully saturated rings. The van der Waals surface area contributed by atoms with Crippen LogP contribution < -0.4 is 0 Å². The van der Waals surface area contributed by atoms with E-state index in [1.807, 2.05) is 0 Å². The van der Waals surface area contributed by atoms with Crippen LogP contribution in [0.2, 0.25) is 0 Å². The zero-order valence-corrected chi connectivity index (χ0v) is 6.05. The summed E-state index contributed by atoms with van der Waals surface area (Å²) in [5, 5.41) is 0. The van der Waals surface area contributed by atoms with E-state index in [0.717, 1.165) is 0 Å². The summed E-state index contributed by atoms with van der Waals surface area (Å²) >= 11 is 0. The number of rotatable bonds is 4. The minimum atomic E-state index is -0.462. The van der Waals surface area contributed by atoms with Gasteiger partial charge in [-0.1, -0.05) is 0 Å². The van der Waals surface area contributed by atoms with Crippen molar-refractivity contribution in [2.75, 3.05) is 6.61 Å². The Morgan fingerprint density at radius 2 is 2.10 bits per heavy atom. The van der Waals surface area contributed by atoms with Crippen molar-refractivity contribution in [3.63, 3.8) is 0 Å². The molecule has 10 heavy (non-hydrogen) atoms. The van der Waals surface area contributed by atoms with Gasteiger partial charge in [0.2, 0.25) is 0 Å². The molecule has 0 bridgehead atoms. The third-order valence-corrected chi connectivity index (χ3v) is 0.801. The highest BCUT2D eigenvalue weighted by molar-refractivity contribution is 5.94. The number of ketones is 1. The molecule has 0 atom stereocenters.